The molecule has 2 rings (SSSR count). The molecule has 0 unspecified atom stereocenters. The van der Waals surface area contributed by atoms with Gasteiger partial charge in [0.05, 0.1) is 13.2 Å². The fraction of sp³-hybridized carbons (Fsp3) is 0.714. The average Bonchev–Trinajstić information content (AvgIpc) is 3.32. The Hall–Kier alpha value is -1.66. The number of carboxylic acids is 2. The van der Waals surface area contributed by atoms with E-state index in [1.54, 1.807) is 0 Å². The predicted octanol–water partition coefficient (Wildman–Crippen LogP) is 3.63. The monoisotopic (exact) mass is 384 g/mol. The second kappa shape index (κ2) is 12.7. The number of carbonyl (C=O) groups is 2. The molecule has 0 aromatic heterocycles. The van der Waals surface area contributed by atoms with Crippen LogP contribution in [0.5, 0.6) is 0 Å². The van der Waals surface area contributed by atoms with Crippen LogP contribution < -0.4 is 0 Å². The largest absolute Gasteiger partial charge is 0.478 e. The van der Waals surface area contributed by atoms with Crippen LogP contribution >= 0.6 is 0 Å². The van der Waals surface area contributed by atoms with E-state index in [-0.39, 0.29) is 29.8 Å². The molecule has 2 aliphatic carbocycles. The Labute approximate surface area is 162 Å². The van der Waals surface area contributed by atoms with E-state index in [9.17, 15) is 19.8 Å². The van der Waals surface area contributed by atoms with Gasteiger partial charge in [0.2, 0.25) is 0 Å². The van der Waals surface area contributed by atoms with Gasteiger partial charge in [-0.25, -0.2) is 9.59 Å². The van der Waals surface area contributed by atoms with Crippen molar-refractivity contribution in [2.24, 2.45) is 17.3 Å². The van der Waals surface area contributed by atoms with Crippen LogP contribution in [-0.2, 0) is 9.59 Å². The molecule has 6 heteroatoms. The summed E-state index contributed by atoms with van der Waals surface area (Å²) in [4.78, 5) is 19.2. The van der Waals surface area contributed by atoms with Gasteiger partial charge in [0, 0.05) is 16.6 Å². The fourth-order valence-corrected chi connectivity index (χ4v) is 3.90. The third kappa shape index (κ3) is 8.26. The van der Waals surface area contributed by atoms with Crippen molar-refractivity contribution in [3.8, 4) is 0 Å². The van der Waals surface area contributed by atoms with Crippen molar-refractivity contribution in [1.29, 1.82) is 0 Å². The summed E-state index contributed by atoms with van der Waals surface area (Å²) in [6.07, 6.45) is 10.0. The lowest BCUT2D eigenvalue weighted by Gasteiger charge is -2.41. The minimum Gasteiger partial charge on any atom is -0.478 e. The Kier molecular flexibility index (Phi) is 11.9. The predicted molar refractivity (Wildman–Crippen MR) is 105 cm³/mol. The van der Waals surface area contributed by atoms with Crippen molar-refractivity contribution >= 4 is 11.9 Å². The minimum absolute atomic E-state index is 0.146. The molecule has 0 aromatic carbocycles. The highest BCUT2D eigenvalue weighted by atomic mass is 16.4. The molecule has 2 aliphatic rings. The Morgan fingerprint density at radius 1 is 0.778 bits per heavy atom. The van der Waals surface area contributed by atoms with Crippen LogP contribution in [0, 0.1) is 17.3 Å². The van der Waals surface area contributed by atoms with Gasteiger partial charge in [0.25, 0.3) is 0 Å². The molecule has 0 aromatic rings. The number of aliphatic hydroxyl groups excluding tert-OH is 2. The van der Waals surface area contributed by atoms with Crippen molar-refractivity contribution in [3.63, 3.8) is 0 Å². The lowest BCUT2D eigenvalue weighted by atomic mass is 9.66. The number of hydrogen-bond acceptors (Lipinski definition) is 4. The van der Waals surface area contributed by atoms with Crippen molar-refractivity contribution in [3.05, 3.63) is 24.3 Å². The summed E-state index contributed by atoms with van der Waals surface area (Å²) in [6, 6.07) is 0. The van der Waals surface area contributed by atoms with E-state index in [0.717, 1.165) is 0 Å². The van der Waals surface area contributed by atoms with Crippen molar-refractivity contribution in [2.45, 2.75) is 65.2 Å². The Morgan fingerprint density at radius 2 is 1.00 bits per heavy atom. The molecular formula is C21H36O6. The smallest absolute Gasteiger partial charge is 0.330 e. The fourth-order valence-electron chi connectivity index (χ4n) is 3.90. The zero-order valence-corrected chi connectivity index (χ0v) is 16.7. The molecule has 0 atom stereocenters. The van der Waals surface area contributed by atoms with Crippen molar-refractivity contribution in [1.82, 2.24) is 0 Å². The van der Waals surface area contributed by atoms with E-state index in [0.29, 0.717) is 11.8 Å². The number of aliphatic hydroxyl groups is 2. The Balaban J connectivity index is 0.000000470. The molecule has 0 amide bonds. The molecule has 0 bridgehead atoms. The first kappa shape index (κ1) is 25.3. The molecule has 0 spiro atoms. The van der Waals surface area contributed by atoms with Gasteiger partial charge in [0.1, 0.15) is 0 Å². The highest BCUT2D eigenvalue weighted by Gasteiger charge is 2.45. The molecule has 27 heavy (non-hydrogen) atoms. The number of rotatable bonds is 6. The summed E-state index contributed by atoms with van der Waals surface area (Å²) in [5.41, 5.74) is 0.206. The molecule has 2 saturated carbocycles. The summed E-state index contributed by atoms with van der Waals surface area (Å²) in [6.45, 7) is 9.59. The highest BCUT2D eigenvalue weighted by Crippen LogP contribution is 2.49. The van der Waals surface area contributed by atoms with Gasteiger partial charge in [-0.2, -0.15) is 0 Å². The van der Waals surface area contributed by atoms with Crippen LogP contribution in [0.15, 0.2) is 24.3 Å². The lowest BCUT2D eigenvalue weighted by Crippen LogP contribution is -2.43. The van der Waals surface area contributed by atoms with Gasteiger partial charge in [-0.05, 0) is 51.4 Å². The van der Waals surface area contributed by atoms with E-state index < -0.39 is 11.9 Å². The molecule has 2 fully saturated rings. The molecule has 6 nitrogen and oxygen atoms in total. The van der Waals surface area contributed by atoms with Gasteiger partial charge in [-0.15, -0.1) is 0 Å². The summed E-state index contributed by atoms with van der Waals surface area (Å²) in [5, 5.41) is 35.3. The van der Waals surface area contributed by atoms with E-state index in [1.807, 2.05) is 0 Å². The van der Waals surface area contributed by atoms with Gasteiger partial charge in [0.15, 0.2) is 0 Å². The number of carboxylic acid groups (broad SMARTS) is 2. The Bertz CT molecular complexity index is 429. The van der Waals surface area contributed by atoms with Crippen LogP contribution in [0.25, 0.3) is 0 Å². The van der Waals surface area contributed by atoms with Crippen molar-refractivity contribution in [2.75, 3.05) is 13.2 Å². The van der Waals surface area contributed by atoms with E-state index in [1.165, 1.54) is 65.2 Å². The highest BCUT2D eigenvalue weighted by molar-refractivity contribution is 5.85. The molecule has 156 valence electrons. The van der Waals surface area contributed by atoms with Crippen molar-refractivity contribution < 1.29 is 30.0 Å². The second-order valence-corrected chi connectivity index (χ2v) is 7.68. The SMILES string of the molecule is C=C(C)C(=O)O.C=C(C)C(=O)O.OCC(CO)(C1CCCC1)C1CCCC1. The standard InChI is InChI=1S/C13H24O2.2C4H6O2/c14-9-13(10-15,11-5-1-2-6-11)12-7-3-4-8-12;2*1-3(2)4(5)6/h11-12,14-15H,1-10H2;2*1H2,2H3,(H,5,6). The van der Waals surface area contributed by atoms with E-state index in [2.05, 4.69) is 13.2 Å². The second-order valence-electron chi connectivity index (χ2n) is 7.68. The molecule has 0 heterocycles. The summed E-state index contributed by atoms with van der Waals surface area (Å²) >= 11 is 0. The number of hydrogen-bond donors (Lipinski definition) is 4. The minimum atomic E-state index is -0.935. The molecule has 0 radical (unpaired) electrons. The molecule has 4 N–H and O–H groups in total. The van der Waals surface area contributed by atoms with Gasteiger partial charge < -0.3 is 20.4 Å². The maximum atomic E-state index is 9.74. The maximum Gasteiger partial charge on any atom is 0.330 e. The maximum absolute atomic E-state index is 9.74. The quantitative estimate of drug-likeness (QED) is 0.520. The van der Waals surface area contributed by atoms with Crippen LogP contribution in [0.2, 0.25) is 0 Å². The first-order valence-corrected chi connectivity index (χ1v) is 9.61. The molecule has 0 aliphatic heterocycles. The van der Waals surface area contributed by atoms with Gasteiger partial charge >= 0.3 is 11.9 Å². The average molecular weight is 385 g/mol. The summed E-state index contributed by atoms with van der Waals surface area (Å²) < 4.78 is 0. The topological polar surface area (TPSA) is 115 Å². The first-order chi connectivity index (χ1) is 12.6. The molecule has 0 saturated heterocycles. The van der Waals surface area contributed by atoms with E-state index in [4.69, 9.17) is 10.2 Å². The normalized spacial score (nSPS) is 17.3. The third-order valence-corrected chi connectivity index (χ3v) is 5.66. The van der Waals surface area contributed by atoms with Crippen LogP contribution in [0.4, 0.5) is 0 Å². The zero-order valence-electron chi connectivity index (χ0n) is 16.7. The Morgan fingerprint density at radius 3 is 1.15 bits per heavy atom. The van der Waals surface area contributed by atoms with Gasteiger partial charge in [-0.1, -0.05) is 38.8 Å². The first-order valence-electron chi connectivity index (χ1n) is 9.61. The summed E-state index contributed by atoms with van der Waals surface area (Å²) in [5.74, 6) is -0.712. The number of aliphatic carboxylic acids is 2. The van der Waals surface area contributed by atoms with E-state index >= 15 is 0 Å². The zero-order chi connectivity index (χ0) is 21.0. The summed E-state index contributed by atoms with van der Waals surface area (Å²) in [7, 11) is 0. The van der Waals surface area contributed by atoms with Gasteiger partial charge in [-0.3, -0.25) is 0 Å². The lowest BCUT2D eigenvalue weighted by molar-refractivity contribution is -0.133. The van der Waals surface area contributed by atoms with Crippen LogP contribution in [0.1, 0.15) is 65.2 Å². The third-order valence-electron chi connectivity index (χ3n) is 5.66. The molecular weight excluding hydrogens is 348 g/mol. The van der Waals surface area contributed by atoms with Crippen LogP contribution in [0.3, 0.4) is 0 Å². The van der Waals surface area contributed by atoms with Crippen LogP contribution in [-0.4, -0.2) is 45.6 Å².